The van der Waals surface area contributed by atoms with Crippen LogP contribution in [-0.4, -0.2) is 39.6 Å². The molecule has 1 aliphatic heterocycles. The summed E-state index contributed by atoms with van der Waals surface area (Å²) in [7, 11) is 0. The number of carbonyl (C=O) groups excluding carboxylic acids is 1. The standard InChI is InChI=1S/C21H20F3N5O2S/c22-21(23,24)20(8-9-20)18-27-16(31)14-17(28-18)32-19(26-14)29-10-4-7-13(29)15(30)25-11-12-5-2-1-3-6-12/h1-3,5-6,13H,4,7-11H2,(H,25,30)(H,27,28,31)/t13-/m1/s1. The number of nitrogens with one attached hydrogen (secondary N) is 2. The molecule has 11 heteroatoms. The third-order valence-corrected chi connectivity index (χ3v) is 7.10. The number of anilines is 1. The predicted octanol–water partition coefficient (Wildman–Crippen LogP) is 3.26. The summed E-state index contributed by atoms with van der Waals surface area (Å²) in [4.78, 5) is 38.0. The fraction of sp³-hybridized carbons (Fsp3) is 0.429. The second kappa shape index (κ2) is 7.58. The molecule has 32 heavy (non-hydrogen) atoms. The summed E-state index contributed by atoms with van der Waals surface area (Å²) in [6.45, 7) is 0.967. The third-order valence-electron chi connectivity index (χ3n) is 6.11. The van der Waals surface area contributed by atoms with E-state index in [-0.39, 0.29) is 34.9 Å². The number of hydrogen-bond acceptors (Lipinski definition) is 6. The van der Waals surface area contributed by atoms with Gasteiger partial charge in [-0.25, -0.2) is 9.97 Å². The molecule has 168 valence electrons. The van der Waals surface area contributed by atoms with Crippen molar-refractivity contribution in [2.75, 3.05) is 11.4 Å². The number of thiazole rings is 1. The van der Waals surface area contributed by atoms with Gasteiger partial charge in [-0.2, -0.15) is 13.2 Å². The smallest absolute Gasteiger partial charge is 0.350 e. The van der Waals surface area contributed by atoms with Gasteiger partial charge in [-0.1, -0.05) is 41.7 Å². The summed E-state index contributed by atoms with van der Waals surface area (Å²) >= 11 is 1.05. The molecular formula is C21H20F3N5O2S. The van der Waals surface area contributed by atoms with Crippen LogP contribution in [0.1, 0.15) is 37.1 Å². The molecule has 0 unspecified atom stereocenters. The molecule has 5 rings (SSSR count). The molecule has 1 aliphatic carbocycles. The highest BCUT2D eigenvalue weighted by atomic mass is 32.1. The fourth-order valence-corrected chi connectivity index (χ4v) is 5.14. The van der Waals surface area contributed by atoms with Gasteiger partial charge in [0, 0.05) is 13.1 Å². The number of benzene rings is 1. The number of halogens is 3. The van der Waals surface area contributed by atoms with Gasteiger partial charge in [0.05, 0.1) is 0 Å². The minimum absolute atomic E-state index is 0.00192. The van der Waals surface area contributed by atoms with Gasteiger partial charge in [0.2, 0.25) is 5.91 Å². The van der Waals surface area contributed by atoms with Crippen molar-refractivity contribution in [1.29, 1.82) is 0 Å². The molecule has 1 saturated carbocycles. The zero-order valence-corrected chi connectivity index (χ0v) is 17.7. The molecule has 2 fully saturated rings. The molecule has 1 atom stereocenters. The molecule has 0 bridgehead atoms. The fourth-order valence-electron chi connectivity index (χ4n) is 4.12. The second-order valence-electron chi connectivity index (χ2n) is 8.20. The largest absolute Gasteiger partial charge is 0.401 e. The Morgan fingerprint density at radius 3 is 2.69 bits per heavy atom. The minimum atomic E-state index is -4.47. The Labute approximate surface area is 184 Å². The van der Waals surface area contributed by atoms with Gasteiger partial charge in [0.15, 0.2) is 15.5 Å². The molecule has 1 saturated heterocycles. The van der Waals surface area contributed by atoms with Crippen LogP contribution in [0.3, 0.4) is 0 Å². The number of aromatic nitrogens is 3. The van der Waals surface area contributed by atoms with E-state index >= 15 is 0 Å². The maximum absolute atomic E-state index is 13.5. The lowest BCUT2D eigenvalue weighted by molar-refractivity contribution is -0.162. The van der Waals surface area contributed by atoms with Crippen LogP contribution in [0.4, 0.5) is 18.3 Å². The third kappa shape index (κ3) is 3.54. The molecule has 2 N–H and O–H groups in total. The number of alkyl halides is 3. The molecule has 1 amide bonds. The van der Waals surface area contributed by atoms with Gasteiger partial charge in [-0.15, -0.1) is 0 Å². The molecule has 7 nitrogen and oxygen atoms in total. The van der Waals surface area contributed by atoms with E-state index in [4.69, 9.17) is 0 Å². The van der Waals surface area contributed by atoms with Crippen molar-refractivity contribution in [3.63, 3.8) is 0 Å². The Balaban J connectivity index is 1.40. The van der Waals surface area contributed by atoms with Gasteiger partial charge >= 0.3 is 6.18 Å². The SMILES string of the molecule is O=C(NCc1ccccc1)[C@H]1CCCN1c1nc2c(=O)[nH]c(C3(C(F)(F)F)CC3)nc2s1. The maximum atomic E-state index is 13.5. The number of amides is 1. The zero-order chi connectivity index (χ0) is 22.5. The molecule has 2 aromatic heterocycles. The quantitative estimate of drug-likeness (QED) is 0.606. The van der Waals surface area contributed by atoms with Crippen LogP contribution in [0.15, 0.2) is 35.1 Å². The zero-order valence-electron chi connectivity index (χ0n) is 16.9. The van der Waals surface area contributed by atoms with Crippen molar-refractivity contribution in [3.8, 4) is 0 Å². The van der Waals surface area contributed by atoms with Crippen LogP contribution in [-0.2, 0) is 16.8 Å². The summed E-state index contributed by atoms with van der Waals surface area (Å²) in [6.07, 6.45) is -3.26. The lowest BCUT2D eigenvalue weighted by Crippen LogP contribution is -2.43. The summed E-state index contributed by atoms with van der Waals surface area (Å²) in [5, 5.41) is 3.35. The first-order chi connectivity index (χ1) is 15.3. The number of carbonyl (C=O) groups is 1. The van der Waals surface area contributed by atoms with Crippen LogP contribution >= 0.6 is 11.3 Å². The van der Waals surface area contributed by atoms with Gasteiger partial charge < -0.3 is 15.2 Å². The van der Waals surface area contributed by atoms with Crippen molar-refractivity contribution in [1.82, 2.24) is 20.3 Å². The minimum Gasteiger partial charge on any atom is -0.350 e. The lowest BCUT2D eigenvalue weighted by Gasteiger charge is -2.23. The van der Waals surface area contributed by atoms with Gasteiger partial charge in [0.1, 0.15) is 17.3 Å². The van der Waals surface area contributed by atoms with E-state index in [1.807, 2.05) is 35.2 Å². The number of nitrogens with zero attached hydrogens (tertiary/aromatic N) is 3. The Bertz CT molecular complexity index is 1220. The average Bonchev–Trinajstić information content (AvgIpc) is 3.26. The van der Waals surface area contributed by atoms with Crippen molar-refractivity contribution in [2.45, 2.75) is 49.9 Å². The average molecular weight is 463 g/mol. The van der Waals surface area contributed by atoms with Crippen molar-refractivity contribution >= 4 is 32.7 Å². The predicted molar refractivity (Wildman–Crippen MR) is 114 cm³/mol. The van der Waals surface area contributed by atoms with Gasteiger partial charge in [0.25, 0.3) is 5.56 Å². The topological polar surface area (TPSA) is 91.0 Å². The lowest BCUT2D eigenvalue weighted by atomic mass is 10.1. The van der Waals surface area contributed by atoms with Crippen LogP contribution in [0.25, 0.3) is 10.3 Å². The normalized spacial score (nSPS) is 20.0. The first-order valence-corrected chi connectivity index (χ1v) is 11.2. The first kappa shape index (κ1) is 20.9. The number of aromatic amines is 1. The number of rotatable bonds is 5. The van der Waals surface area contributed by atoms with E-state index in [9.17, 15) is 22.8 Å². The van der Waals surface area contributed by atoms with Crippen molar-refractivity contribution in [2.24, 2.45) is 0 Å². The molecule has 2 aliphatic rings. The highest BCUT2D eigenvalue weighted by Crippen LogP contribution is 2.57. The summed E-state index contributed by atoms with van der Waals surface area (Å²) in [5.74, 6) is -0.501. The Morgan fingerprint density at radius 1 is 1.25 bits per heavy atom. The van der Waals surface area contributed by atoms with E-state index in [0.717, 1.165) is 23.3 Å². The van der Waals surface area contributed by atoms with Gasteiger partial charge in [-0.05, 0) is 31.2 Å². The van der Waals surface area contributed by atoms with Crippen molar-refractivity contribution in [3.05, 3.63) is 52.1 Å². The number of fused-ring (bicyclic) bond motifs is 1. The molecule has 0 radical (unpaired) electrons. The number of hydrogen-bond donors (Lipinski definition) is 2. The van der Waals surface area contributed by atoms with Crippen LogP contribution in [0.5, 0.6) is 0 Å². The maximum Gasteiger partial charge on any atom is 0.401 e. The molecule has 0 spiro atoms. The highest BCUT2D eigenvalue weighted by Gasteiger charge is 2.66. The second-order valence-corrected chi connectivity index (χ2v) is 9.16. The molecular weight excluding hydrogens is 443 g/mol. The molecule has 3 heterocycles. The van der Waals surface area contributed by atoms with Crippen LogP contribution in [0, 0.1) is 0 Å². The molecule has 3 aromatic rings. The Kier molecular flexibility index (Phi) is 4.95. The monoisotopic (exact) mass is 463 g/mol. The summed E-state index contributed by atoms with van der Waals surface area (Å²) in [6, 6.07) is 9.08. The van der Waals surface area contributed by atoms with E-state index in [0.29, 0.717) is 24.6 Å². The van der Waals surface area contributed by atoms with E-state index in [1.54, 1.807) is 0 Å². The van der Waals surface area contributed by atoms with E-state index in [2.05, 4.69) is 20.3 Å². The van der Waals surface area contributed by atoms with Crippen molar-refractivity contribution < 1.29 is 18.0 Å². The first-order valence-electron chi connectivity index (χ1n) is 10.3. The van der Waals surface area contributed by atoms with Gasteiger partial charge in [-0.3, -0.25) is 9.59 Å². The summed E-state index contributed by atoms with van der Waals surface area (Å²) < 4.78 is 40.4. The number of H-pyrrole nitrogens is 1. The van der Waals surface area contributed by atoms with E-state index in [1.165, 1.54) is 0 Å². The Morgan fingerprint density at radius 2 is 2.00 bits per heavy atom. The Hall–Kier alpha value is -2.95. The highest BCUT2D eigenvalue weighted by molar-refractivity contribution is 7.21. The summed E-state index contributed by atoms with van der Waals surface area (Å²) in [5.41, 5.74) is -1.78. The molecule has 1 aromatic carbocycles. The van der Waals surface area contributed by atoms with Crippen LogP contribution < -0.4 is 15.8 Å². The van der Waals surface area contributed by atoms with E-state index < -0.39 is 23.2 Å². The van der Waals surface area contributed by atoms with Crippen LogP contribution in [0.2, 0.25) is 0 Å².